The molecule has 0 aromatic carbocycles. The topological polar surface area (TPSA) is 65.1 Å². The molecule has 22 heavy (non-hydrogen) atoms. The smallest absolute Gasteiger partial charge is 0.236 e. The van der Waals surface area contributed by atoms with Gasteiger partial charge in [-0.1, -0.05) is 0 Å². The average Bonchev–Trinajstić information content (AvgIpc) is 2.49. The van der Waals surface area contributed by atoms with Crippen LogP contribution in [0.25, 0.3) is 0 Å². The summed E-state index contributed by atoms with van der Waals surface area (Å²) in [5.74, 6) is 0.265. The molecule has 7 nitrogen and oxygen atoms in total. The van der Waals surface area contributed by atoms with Crippen molar-refractivity contribution in [2.45, 2.75) is 20.0 Å². The predicted octanol–water partition coefficient (Wildman–Crippen LogP) is -1.01. The van der Waals surface area contributed by atoms with E-state index in [-0.39, 0.29) is 17.9 Å². The van der Waals surface area contributed by atoms with Crippen LogP contribution in [0.5, 0.6) is 0 Å². The number of piperazine rings is 1. The fraction of sp³-hybridized carbons (Fsp3) is 0.867. The Morgan fingerprint density at radius 2 is 1.73 bits per heavy atom. The Bertz CT molecular complexity index is 383. The second-order valence-electron chi connectivity index (χ2n) is 6.03. The Balaban J connectivity index is 1.68. The maximum atomic E-state index is 12.3. The Labute approximate surface area is 132 Å². The van der Waals surface area contributed by atoms with Crippen molar-refractivity contribution in [2.75, 3.05) is 65.5 Å². The van der Waals surface area contributed by atoms with Crippen LogP contribution in [0.1, 0.15) is 13.8 Å². The van der Waals surface area contributed by atoms with Gasteiger partial charge < -0.3 is 15.0 Å². The van der Waals surface area contributed by atoms with Gasteiger partial charge in [0.15, 0.2) is 0 Å². The summed E-state index contributed by atoms with van der Waals surface area (Å²) in [4.78, 5) is 30.1. The van der Waals surface area contributed by atoms with Gasteiger partial charge in [-0.3, -0.25) is 19.4 Å². The van der Waals surface area contributed by atoms with Gasteiger partial charge in [-0.15, -0.1) is 0 Å². The molecule has 0 aliphatic carbocycles. The van der Waals surface area contributed by atoms with E-state index in [0.717, 1.165) is 26.2 Å². The van der Waals surface area contributed by atoms with Crippen LogP contribution < -0.4 is 5.32 Å². The maximum absolute atomic E-state index is 12.3. The third-order valence-electron chi connectivity index (χ3n) is 4.16. The minimum absolute atomic E-state index is 0.0781. The summed E-state index contributed by atoms with van der Waals surface area (Å²) in [7, 11) is 0. The Morgan fingerprint density at radius 3 is 2.32 bits per heavy atom. The number of carbonyl (C=O) groups is 2. The quantitative estimate of drug-likeness (QED) is 0.704. The van der Waals surface area contributed by atoms with E-state index in [1.54, 1.807) is 0 Å². The van der Waals surface area contributed by atoms with Crippen molar-refractivity contribution in [3.05, 3.63) is 0 Å². The van der Waals surface area contributed by atoms with Crippen molar-refractivity contribution in [1.82, 2.24) is 20.0 Å². The molecule has 0 aromatic heterocycles. The van der Waals surface area contributed by atoms with E-state index in [1.807, 2.05) is 18.7 Å². The zero-order valence-electron chi connectivity index (χ0n) is 13.7. The van der Waals surface area contributed by atoms with E-state index in [4.69, 9.17) is 4.74 Å². The molecule has 0 radical (unpaired) electrons. The molecule has 1 N–H and O–H groups in total. The lowest BCUT2D eigenvalue weighted by molar-refractivity contribution is -0.140. The van der Waals surface area contributed by atoms with E-state index in [1.165, 1.54) is 0 Å². The Morgan fingerprint density at radius 1 is 1.09 bits per heavy atom. The molecule has 1 atom stereocenters. The number of nitrogens with zero attached hydrogens (tertiary/aromatic N) is 3. The molecule has 2 rings (SSSR count). The van der Waals surface area contributed by atoms with Gasteiger partial charge in [0.1, 0.15) is 0 Å². The van der Waals surface area contributed by atoms with E-state index in [9.17, 15) is 9.59 Å². The summed E-state index contributed by atoms with van der Waals surface area (Å²) in [6, 6.07) is 0. The first kappa shape index (κ1) is 17.2. The summed E-state index contributed by atoms with van der Waals surface area (Å²) >= 11 is 0. The van der Waals surface area contributed by atoms with Crippen molar-refractivity contribution in [3.63, 3.8) is 0 Å². The van der Waals surface area contributed by atoms with E-state index < -0.39 is 0 Å². The highest BCUT2D eigenvalue weighted by atomic mass is 16.5. The molecule has 7 heteroatoms. The molecule has 2 aliphatic heterocycles. The fourth-order valence-electron chi connectivity index (χ4n) is 2.90. The van der Waals surface area contributed by atoms with Crippen LogP contribution in [-0.4, -0.2) is 98.1 Å². The summed E-state index contributed by atoms with van der Waals surface area (Å²) in [5, 5.41) is 2.82. The first-order chi connectivity index (χ1) is 10.6. The van der Waals surface area contributed by atoms with E-state index >= 15 is 0 Å². The highest BCUT2D eigenvalue weighted by molar-refractivity contribution is 5.78. The molecule has 0 aromatic rings. The number of hydrogen-bond acceptors (Lipinski definition) is 5. The van der Waals surface area contributed by atoms with Gasteiger partial charge in [-0.2, -0.15) is 0 Å². The van der Waals surface area contributed by atoms with Gasteiger partial charge in [0, 0.05) is 45.8 Å². The van der Waals surface area contributed by atoms with Crippen LogP contribution in [0.15, 0.2) is 0 Å². The lowest BCUT2D eigenvalue weighted by atomic mass is 10.2. The monoisotopic (exact) mass is 312 g/mol. The number of nitrogens with one attached hydrogen (secondary N) is 1. The molecule has 2 heterocycles. The highest BCUT2D eigenvalue weighted by Crippen LogP contribution is 2.07. The number of rotatable bonds is 5. The van der Waals surface area contributed by atoms with Gasteiger partial charge in [0.05, 0.1) is 25.8 Å². The molecule has 2 aliphatic rings. The molecular formula is C15H28N4O3. The molecule has 0 bridgehead atoms. The largest absolute Gasteiger partial charge is 0.375 e. The number of morpholine rings is 1. The molecule has 2 saturated heterocycles. The molecule has 2 amide bonds. The molecule has 1 unspecified atom stereocenters. The number of carbonyl (C=O) groups excluding carboxylic acids is 2. The lowest BCUT2D eigenvalue weighted by Crippen LogP contribution is -2.53. The molecular weight excluding hydrogens is 284 g/mol. The third kappa shape index (κ3) is 5.23. The van der Waals surface area contributed by atoms with Crippen LogP contribution in [0.3, 0.4) is 0 Å². The first-order valence-electron chi connectivity index (χ1n) is 8.19. The fourth-order valence-corrected chi connectivity index (χ4v) is 2.90. The van der Waals surface area contributed by atoms with Gasteiger partial charge in [0.25, 0.3) is 0 Å². The molecule has 0 spiro atoms. The van der Waals surface area contributed by atoms with E-state index in [2.05, 4.69) is 15.1 Å². The Kier molecular flexibility index (Phi) is 6.60. The summed E-state index contributed by atoms with van der Waals surface area (Å²) < 4.78 is 5.47. The first-order valence-corrected chi connectivity index (χ1v) is 8.19. The minimum atomic E-state index is 0.0781. The van der Waals surface area contributed by atoms with Crippen molar-refractivity contribution >= 4 is 11.8 Å². The lowest BCUT2D eigenvalue weighted by Gasteiger charge is -2.36. The highest BCUT2D eigenvalue weighted by Gasteiger charge is 2.25. The summed E-state index contributed by atoms with van der Waals surface area (Å²) in [6.45, 7) is 10.9. The minimum Gasteiger partial charge on any atom is -0.375 e. The predicted molar refractivity (Wildman–Crippen MR) is 83.6 cm³/mol. The van der Waals surface area contributed by atoms with Gasteiger partial charge in [-0.25, -0.2) is 0 Å². The number of hydrogen-bond donors (Lipinski definition) is 1. The average molecular weight is 312 g/mol. The van der Waals surface area contributed by atoms with Crippen LogP contribution >= 0.6 is 0 Å². The van der Waals surface area contributed by atoms with Gasteiger partial charge >= 0.3 is 0 Å². The van der Waals surface area contributed by atoms with Crippen molar-refractivity contribution in [2.24, 2.45) is 0 Å². The molecule has 126 valence electrons. The zero-order chi connectivity index (χ0) is 15.9. The van der Waals surface area contributed by atoms with Crippen LogP contribution in [0.2, 0.25) is 0 Å². The second-order valence-corrected chi connectivity index (χ2v) is 6.03. The van der Waals surface area contributed by atoms with Crippen LogP contribution in [0.4, 0.5) is 0 Å². The van der Waals surface area contributed by atoms with Crippen LogP contribution in [-0.2, 0) is 14.3 Å². The molecule has 0 saturated carbocycles. The number of likely N-dealkylation sites (N-methyl/N-ethyl adjacent to an activating group) is 1. The normalized spacial score (nSPS) is 24.3. The molecule has 2 fully saturated rings. The van der Waals surface area contributed by atoms with Crippen molar-refractivity contribution in [1.29, 1.82) is 0 Å². The van der Waals surface area contributed by atoms with Crippen molar-refractivity contribution < 1.29 is 14.3 Å². The van der Waals surface area contributed by atoms with Crippen molar-refractivity contribution in [3.8, 4) is 0 Å². The maximum Gasteiger partial charge on any atom is 0.236 e. The van der Waals surface area contributed by atoms with E-state index in [0.29, 0.717) is 39.3 Å². The zero-order valence-corrected chi connectivity index (χ0v) is 13.7. The van der Waals surface area contributed by atoms with Gasteiger partial charge in [0.2, 0.25) is 11.8 Å². The number of amides is 2. The standard InChI is InChI=1S/C15H28N4O3/c1-3-16-14(20)11-17-4-6-18(7-5-17)12-15(21)19-8-9-22-13(2)10-19/h13H,3-12H2,1-2H3,(H,16,20). The third-order valence-corrected chi connectivity index (χ3v) is 4.16. The summed E-state index contributed by atoms with van der Waals surface area (Å²) in [6.07, 6.45) is 0.131. The van der Waals surface area contributed by atoms with Gasteiger partial charge in [-0.05, 0) is 13.8 Å². The second kappa shape index (κ2) is 8.45. The summed E-state index contributed by atoms with van der Waals surface area (Å²) in [5.41, 5.74) is 0. The Hall–Kier alpha value is -1.18. The van der Waals surface area contributed by atoms with Crippen LogP contribution in [0, 0.1) is 0 Å². The SMILES string of the molecule is CCNC(=O)CN1CCN(CC(=O)N2CCOC(C)C2)CC1. The number of ether oxygens (including phenoxy) is 1.